The molecule has 1 aliphatic rings. The van der Waals surface area contributed by atoms with Gasteiger partial charge in [-0.1, -0.05) is 78.3 Å². The van der Waals surface area contributed by atoms with Crippen LogP contribution in [0.5, 0.6) is 0 Å². The van der Waals surface area contributed by atoms with Crippen molar-refractivity contribution in [2.24, 2.45) is 4.99 Å². The minimum atomic E-state index is 0.512. The third-order valence-corrected chi connectivity index (χ3v) is 5.77. The monoisotopic (exact) mass is 412 g/mol. The molecular formula is C24H36N4S. The highest BCUT2D eigenvalue weighted by Gasteiger charge is 2.26. The fourth-order valence-electron chi connectivity index (χ4n) is 3.01. The molecule has 0 aliphatic carbocycles. The molecule has 0 saturated carbocycles. The summed E-state index contributed by atoms with van der Waals surface area (Å²) >= 11 is 1.76. The van der Waals surface area contributed by atoms with Gasteiger partial charge in [0, 0.05) is 10.4 Å². The van der Waals surface area contributed by atoms with Crippen molar-refractivity contribution in [3.8, 4) is 5.00 Å². The Bertz CT molecular complexity index is 879. The van der Waals surface area contributed by atoms with Gasteiger partial charge in [-0.2, -0.15) is 0 Å². The highest BCUT2D eigenvalue weighted by molar-refractivity contribution is 7.15. The number of fused-ring (bicyclic) bond motifs is 3. The van der Waals surface area contributed by atoms with Crippen molar-refractivity contribution >= 4 is 17.0 Å². The van der Waals surface area contributed by atoms with E-state index in [-0.39, 0.29) is 0 Å². The molecule has 0 saturated heterocycles. The van der Waals surface area contributed by atoms with Crippen LogP contribution in [0.2, 0.25) is 0 Å². The van der Waals surface area contributed by atoms with Gasteiger partial charge in [0.1, 0.15) is 17.4 Å². The average molecular weight is 413 g/mol. The van der Waals surface area contributed by atoms with Crippen LogP contribution >= 0.6 is 11.3 Å². The van der Waals surface area contributed by atoms with E-state index >= 15 is 0 Å². The van der Waals surface area contributed by atoms with E-state index in [1.54, 1.807) is 17.4 Å². The molecule has 0 bridgehead atoms. The first kappa shape index (κ1) is 24.8. The quantitative estimate of drug-likeness (QED) is 0.492. The van der Waals surface area contributed by atoms with Gasteiger partial charge in [-0.05, 0) is 31.9 Å². The smallest absolute Gasteiger partial charge is 0.160 e. The van der Waals surface area contributed by atoms with E-state index in [2.05, 4.69) is 55.6 Å². The maximum Gasteiger partial charge on any atom is 0.160 e. The van der Waals surface area contributed by atoms with Crippen molar-refractivity contribution in [3.63, 3.8) is 0 Å². The number of allylic oxidation sites excluding steroid dienone is 4. The zero-order valence-corrected chi connectivity index (χ0v) is 20.0. The topological polar surface area (TPSA) is 43.1 Å². The van der Waals surface area contributed by atoms with Gasteiger partial charge < -0.3 is 0 Å². The number of thiophene rings is 1. The van der Waals surface area contributed by atoms with Crippen molar-refractivity contribution in [1.29, 1.82) is 0 Å². The van der Waals surface area contributed by atoms with Crippen molar-refractivity contribution in [3.05, 3.63) is 64.6 Å². The van der Waals surface area contributed by atoms with Gasteiger partial charge in [-0.3, -0.25) is 9.56 Å². The number of hydrogen-bond donors (Lipinski definition) is 0. The lowest BCUT2D eigenvalue weighted by molar-refractivity contribution is 0.772. The lowest BCUT2D eigenvalue weighted by Gasteiger charge is -2.09. The summed E-state index contributed by atoms with van der Waals surface area (Å²) in [5.41, 5.74) is 4.33. The Hall–Kier alpha value is -2.27. The number of aliphatic imine (C=N–C) groups is 1. The molecule has 0 aromatic carbocycles. The van der Waals surface area contributed by atoms with Crippen LogP contribution in [0, 0.1) is 20.8 Å². The molecule has 4 nitrogen and oxygen atoms in total. The van der Waals surface area contributed by atoms with Crippen LogP contribution in [0.1, 0.15) is 74.6 Å². The highest BCUT2D eigenvalue weighted by atomic mass is 32.1. The molecule has 0 unspecified atom stereocenters. The molecule has 29 heavy (non-hydrogen) atoms. The van der Waals surface area contributed by atoms with Crippen LogP contribution in [0.4, 0.5) is 0 Å². The largest absolute Gasteiger partial charge is 0.276 e. The molecule has 2 aromatic rings. The Morgan fingerprint density at radius 1 is 1.10 bits per heavy atom. The first-order valence-electron chi connectivity index (χ1n) is 10.5. The minimum Gasteiger partial charge on any atom is -0.276 e. The lowest BCUT2D eigenvalue weighted by Crippen LogP contribution is -2.07. The number of nitrogens with zero attached hydrogens (tertiary/aromatic N) is 4. The zero-order valence-electron chi connectivity index (χ0n) is 19.2. The first-order valence-corrected chi connectivity index (χ1v) is 11.3. The summed E-state index contributed by atoms with van der Waals surface area (Å²) in [6, 6.07) is 0. The predicted octanol–water partition coefficient (Wildman–Crippen LogP) is 7.08. The van der Waals surface area contributed by atoms with Crippen LogP contribution in [0.3, 0.4) is 0 Å². The van der Waals surface area contributed by atoms with Gasteiger partial charge in [0.05, 0.1) is 5.71 Å². The molecule has 0 N–H and O–H groups in total. The lowest BCUT2D eigenvalue weighted by atomic mass is 9.99. The van der Waals surface area contributed by atoms with Crippen molar-refractivity contribution in [1.82, 2.24) is 14.8 Å². The fourth-order valence-corrected chi connectivity index (χ4v) is 4.23. The number of aryl methyl sites for hydroxylation is 2. The van der Waals surface area contributed by atoms with Crippen LogP contribution in [0.25, 0.3) is 5.00 Å². The van der Waals surface area contributed by atoms with Crippen molar-refractivity contribution < 1.29 is 0 Å². The molecule has 3 heterocycles. The van der Waals surface area contributed by atoms with Crippen molar-refractivity contribution in [2.45, 2.75) is 74.3 Å². The molecule has 2 aromatic heterocycles. The molecule has 0 radical (unpaired) electrons. The predicted molar refractivity (Wildman–Crippen MR) is 129 cm³/mol. The second-order valence-electron chi connectivity index (χ2n) is 6.54. The Kier molecular flexibility index (Phi) is 10.5. The fraction of sp³-hybridized carbons (Fsp3) is 0.458. The molecular weight excluding hydrogens is 376 g/mol. The van der Waals surface area contributed by atoms with E-state index in [4.69, 9.17) is 4.99 Å². The summed E-state index contributed by atoms with van der Waals surface area (Å²) in [5, 5.41) is 9.61. The number of aromatic nitrogens is 3. The number of unbranched alkanes of at least 4 members (excludes halogenated alkanes) is 2. The van der Waals surface area contributed by atoms with Crippen LogP contribution in [-0.2, 0) is 6.54 Å². The third kappa shape index (κ3) is 5.63. The van der Waals surface area contributed by atoms with Crippen LogP contribution in [0.15, 0.2) is 42.0 Å². The maximum absolute atomic E-state index is 4.80. The Balaban J connectivity index is 0.000000527. The van der Waals surface area contributed by atoms with Gasteiger partial charge >= 0.3 is 0 Å². The van der Waals surface area contributed by atoms with E-state index in [0.29, 0.717) is 6.54 Å². The van der Waals surface area contributed by atoms with Gasteiger partial charge in [0.15, 0.2) is 5.82 Å². The molecule has 3 rings (SSSR count). The van der Waals surface area contributed by atoms with E-state index in [1.807, 2.05) is 32.9 Å². The standard InChI is InChI=1S/C17H18N4S.C5H12.C2H6/c1-6-8-13(7-2)16-15-10(3)11(4)22-17(15)21-12(5)19-20-14(21)9-18-16;1-3-5-4-2;1-2/h6-8H,1-2,9H2,3-5H3;3-5H2,1-2H3;1-2H3/b13-8+;;. The van der Waals surface area contributed by atoms with Crippen LogP contribution < -0.4 is 0 Å². The summed E-state index contributed by atoms with van der Waals surface area (Å²) in [6.07, 6.45) is 9.62. The zero-order chi connectivity index (χ0) is 22.0. The summed E-state index contributed by atoms with van der Waals surface area (Å²) in [6.45, 7) is 22.9. The minimum absolute atomic E-state index is 0.512. The summed E-state index contributed by atoms with van der Waals surface area (Å²) in [4.78, 5) is 6.07. The van der Waals surface area contributed by atoms with Gasteiger partial charge in [0.25, 0.3) is 0 Å². The molecule has 5 heteroatoms. The van der Waals surface area contributed by atoms with Gasteiger partial charge in [0.2, 0.25) is 0 Å². The number of hydrogen-bond acceptors (Lipinski definition) is 4. The second kappa shape index (κ2) is 12.3. The van der Waals surface area contributed by atoms with Gasteiger partial charge in [-0.15, -0.1) is 21.5 Å². The van der Waals surface area contributed by atoms with E-state index in [0.717, 1.165) is 33.5 Å². The number of rotatable bonds is 5. The highest BCUT2D eigenvalue weighted by Crippen LogP contribution is 2.36. The molecule has 0 spiro atoms. The Labute approximate surface area is 180 Å². The molecule has 0 fully saturated rings. The first-order chi connectivity index (χ1) is 14.0. The summed E-state index contributed by atoms with van der Waals surface area (Å²) < 4.78 is 2.12. The average Bonchev–Trinajstić information content (AvgIpc) is 3.17. The second-order valence-corrected chi connectivity index (χ2v) is 7.75. The SMILES string of the molecule is C=C/C=C(\C=C)C1=NCc2nnc(C)n2-c2sc(C)c(C)c21.CC.CCCCC. The normalized spacial score (nSPS) is 12.2. The Morgan fingerprint density at radius 2 is 1.76 bits per heavy atom. The molecule has 158 valence electrons. The Morgan fingerprint density at radius 3 is 2.28 bits per heavy atom. The van der Waals surface area contributed by atoms with E-state index in [9.17, 15) is 0 Å². The van der Waals surface area contributed by atoms with E-state index < -0.39 is 0 Å². The van der Waals surface area contributed by atoms with Crippen LogP contribution in [-0.4, -0.2) is 20.5 Å². The summed E-state index contributed by atoms with van der Waals surface area (Å²) in [5.74, 6) is 1.76. The third-order valence-electron chi connectivity index (χ3n) is 4.57. The summed E-state index contributed by atoms with van der Waals surface area (Å²) in [7, 11) is 0. The van der Waals surface area contributed by atoms with E-state index in [1.165, 1.54) is 29.7 Å². The van der Waals surface area contributed by atoms with Crippen molar-refractivity contribution in [2.75, 3.05) is 0 Å². The maximum atomic E-state index is 4.80. The molecule has 1 aliphatic heterocycles. The molecule has 0 atom stereocenters. The molecule has 0 amide bonds. The van der Waals surface area contributed by atoms with Gasteiger partial charge in [-0.25, -0.2) is 0 Å².